The first-order chi connectivity index (χ1) is 8.42. The van der Waals surface area contributed by atoms with E-state index in [1.165, 1.54) is 5.56 Å². The molecule has 0 aromatic heterocycles. The highest BCUT2D eigenvalue weighted by molar-refractivity contribution is 9.10. The van der Waals surface area contributed by atoms with E-state index in [0.717, 1.165) is 23.2 Å². The van der Waals surface area contributed by atoms with Gasteiger partial charge < -0.3 is 10.1 Å². The van der Waals surface area contributed by atoms with Gasteiger partial charge in [0.2, 0.25) is 0 Å². The van der Waals surface area contributed by atoms with E-state index in [4.69, 9.17) is 4.74 Å². The molecule has 0 spiro atoms. The fourth-order valence-corrected chi connectivity index (χ4v) is 1.93. The predicted octanol–water partition coefficient (Wildman–Crippen LogP) is 4.29. The molecule has 3 heteroatoms. The number of rotatable bonds is 6. The Morgan fingerprint density at radius 2 is 2.11 bits per heavy atom. The van der Waals surface area contributed by atoms with Crippen LogP contribution in [0.25, 0.3) is 0 Å². The first-order valence-electron chi connectivity index (χ1n) is 6.19. The average molecular weight is 312 g/mol. The van der Waals surface area contributed by atoms with Gasteiger partial charge >= 0.3 is 0 Å². The van der Waals surface area contributed by atoms with Gasteiger partial charge in [0.05, 0.1) is 11.1 Å². The van der Waals surface area contributed by atoms with Crippen LogP contribution < -0.4 is 10.1 Å². The summed E-state index contributed by atoms with van der Waals surface area (Å²) < 4.78 is 6.64. The van der Waals surface area contributed by atoms with Crippen LogP contribution in [0.5, 0.6) is 5.75 Å². The number of hydrogen-bond donors (Lipinski definition) is 1. The molecule has 0 saturated heterocycles. The SMILES string of the molecule is C=CCCOc1ccc(CNC(C)(C)C)cc1Br. The molecular weight excluding hydrogens is 290 g/mol. The van der Waals surface area contributed by atoms with Crippen molar-refractivity contribution < 1.29 is 4.74 Å². The van der Waals surface area contributed by atoms with Crippen molar-refractivity contribution in [2.24, 2.45) is 0 Å². The molecule has 0 saturated carbocycles. The van der Waals surface area contributed by atoms with Crippen molar-refractivity contribution in [1.82, 2.24) is 5.32 Å². The molecule has 1 aromatic carbocycles. The van der Waals surface area contributed by atoms with Crippen LogP contribution in [0.4, 0.5) is 0 Å². The number of ether oxygens (including phenoxy) is 1. The lowest BCUT2D eigenvalue weighted by Gasteiger charge is -2.20. The van der Waals surface area contributed by atoms with E-state index >= 15 is 0 Å². The second-order valence-electron chi connectivity index (χ2n) is 5.29. The molecular formula is C15H22BrNO. The molecule has 1 rings (SSSR count). The summed E-state index contributed by atoms with van der Waals surface area (Å²) in [5.41, 5.74) is 1.37. The van der Waals surface area contributed by atoms with Crippen molar-refractivity contribution in [3.05, 3.63) is 40.9 Å². The van der Waals surface area contributed by atoms with Crippen LogP contribution >= 0.6 is 15.9 Å². The van der Waals surface area contributed by atoms with Crippen molar-refractivity contribution in [2.45, 2.75) is 39.3 Å². The van der Waals surface area contributed by atoms with Crippen LogP contribution in [0, 0.1) is 0 Å². The van der Waals surface area contributed by atoms with Gasteiger partial charge in [0.25, 0.3) is 0 Å². The Kier molecular flexibility index (Phi) is 5.89. The Labute approximate surface area is 119 Å². The molecule has 0 amide bonds. The van der Waals surface area contributed by atoms with Crippen LogP contribution in [0.3, 0.4) is 0 Å². The minimum Gasteiger partial charge on any atom is -0.492 e. The zero-order valence-corrected chi connectivity index (χ0v) is 13.0. The molecule has 0 aliphatic carbocycles. The third kappa shape index (κ3) is 5.69. The van der Waals surface area contributed by atoms with Crippen LogP contribution in [0.1, 0.15) is 32.8 Å². The van der Waals surface area contributed by atoms with E-state index in [9.17, 15) is 0 Å². The molecule has 0 radical (unpaired) electrons. The highest BCUT2D eigenvalue weighted by atomic mass is 79.9. The largest absolute Gasteiger partial charge is 0.492 e. The molecule has 0 fully saturated rings. The number of benzene rings is 1. The van der Waals surface area contributed by atoms with Crippen molar-refractivity contribution in [2.75, 3.05) is 6.61 Å². The second kappa shape index (κ2) is 6.95. The molecule has 0 aliphatic rings. The van der Waals surface area contributed by atoms with Gasteiger partial charge in [0, 0.05) is 12.1 Å². The fourth-order valence-electron chi connectivity index (χ4n) is 1.39. The van der Waals surface area contributed by atoms with Crippen molar-refractivity contribution in [3.63, 3.8) is 0 Å². The summed E-state index contributed by atoms with van der Waals surface area (Å²) >= 11 is 3.54. The Bertz CT molecular complexity index is 396. The molecule has 1 aromatic rings. The Morgan fingerprint density at radius 3 is 2.67 bits per heavy atom. The van der Waals surface area contributed by atoms with E-state index < -0.39 is 0 Å². The highest BCUT2D eigenvalue weighted by Crippen LogP contribution is 2.26. The van der Waals surface area contributed by atoms with Gasteiger partial charge in [-0.1, -0.05) is 12.1 Å². The monoisotopic (exact) mass is 311 g/mol. The topological polar surface area (TPSA) is 21.3 Å². The standard InChI is InChI=1S/C15H22BrNO/c1-5-6-9-18-14-8-7-12(10-13(14)16)11-17-15(2,3)4/h5,7-8,10,17H,1,6,9,11H2,2-4H3. The van der Waals surface area contributed by atoms with E-state index in [-0.39, 0.29) is 5.54 Å². The number of hydrogen-bond acceptors (Lipinski definition) is 2. The molecule has 0 unspecified atom stereocenters. The minimum absolute atomic E-state index is 0.131. The first kappa shape index (κ1) is 15.3. The van der Waals surface area contributed by atoms with Crippen LogP contribution in [0.2, 0.25) is 0 Å². The molecule has 1 N–H and O–H groups in total. The first-order valence-corrected chi connectivity index (χ1v) is 6.99. The van der Waals surface area contributed by atoms with Gasteiger partial charge in [-0.3, -0.25) is 0 Å². The van der Waals surface area contributed by atoms with Crippen LogP contribution in [-0.2, 0) is 6.54 Å². The average Bonchev–Trinajstić information content (AvgIpc) is 2.28. The highest BCUT2D eigenvalue weighted by Gasteiger charge is 2.09. The summed E-state index contributed by atoms with van der Waals surface area (Å²) in [4.78, 5) is 0. The molecule has 2 nitrogen and oxygen atoms in total. The van der Waals surface area contributed by atoms with Crippen molar-refractivity contribution in [3.8, 4) is 5.75 Å². The zero-order valence-electron chi connectivity index (χ0n) is 11.4. The van der Waals surface area contributed by atoms with Crippen molar-refractivity contribution in [1.29, 1.82) is 0 Å². The van der Waals surface area contributed by atoms with Gasteiger partial charge in [-0.15, -0.1) is 6.58 Å². The zero-order chi connectivity index (χ0) is 13.6. The molecule has 100 valence electrons. The summed E-state index contributed by atoms with van der Waals surface area (Å²) in [7, 11) is 0. The van der Waals surface area contributed by atoms with E-state index in [2.05, 4.69) is 60.7 Å². The molecule has 0 bridgehead atoms. The fraction of sp³-hybridized carbons (Fsp3) is 0.467. The Balaban J connectivity index is 2.58. The molecule has 18 heavy (non-hydrogen) atoms. The minimum atomic E-state index is 0.131. The number of nitrogens with one attached hydrogen (secondary N) is 1. The maximum Gasteiger partial charge on any atom is 0.133 e. The smallest absolute Gasteiger partial charge is 0.133 e. The van der Waals surface area contributed by atoms with Gasteiger partial charge in [-0.25, -0.2) is 0 Å². The summed E-state index contributed by atoms with van der Waals surface area (Å²) in [5.74, 6) is 0.886. The summed E-state index contributed by atoms with van der Waals surface area (Å²) in [6, 6.07) is 6.20. The Hall–Kier alpha value is -0.800. The lowest BCUT2D eigenvalue weighted by atomic mass is 10.1. The maximum atomic E-state index is 5.64. The third-order valence-electron chi connectivity index (χ3n) is 2.40. The summed E-state index contributed by atoms with van der Waals surface area (Å²) in [6.45, 7) is 11.7. The van der Waals surface area contributed by atoms with Crippen LogP contribution in [0.15, 0.2) is 35.3 Å². The normalized spacial score (nSPS) is 11.3. The second-order valence-corrected chi connectivity index (χ2v) is 6.15. The summed E-state index contributed by atoms with van der Waals surface area (Å²) in [6.07, 6.45) is 2.72. The molecule has 0 atom stereocenters. The van der Waals surface area contributed by atoms with E-state index in [0.29, 0.717) is 6.61 Å². The molecule has 0 aliphatic heterocycles. The third-order valence-corrected chi connectivity index (χ3v) is 3.02. The van der Waals surface area contributed by atoms with E-state index in [1.54, 1.807) is 0 Å². The van der Waals surface area contributed by atoms with Gasteiger partial charge in [0.1, 0.15) is 5.75 Å². The molecule has 0 heterocycles. The van der Waals surface area contributed by atoms with Gasteiger partial charge in [-0.05, 0) is 60.8 Å². The lowest BCUT2D eigenvalue weighted by Crippen LogP contribution is -2.35. The van der Waals surface area contributed by atoms with Crippen LogP contribution in [-0.4, -0.2) is 12.1 Å². The van der Waals surface area contributed by atoms with Gasteiger partial charge in [-0.2, -0.15) is 0 Å². The van der Waals surface area contributed by atoms with E-state index in [1.807, 2.05) is 12.1 Å². The number of halogens is 1. The Morgan fingerprint density at radius 1 is 1.39 bits per heavy atom. The summed E-state index contributed by atoms with van der Waals surface area (Å²) in [5, 5.41) is 3.46. The lowest BCUT2D eigenvalue weighted by molar-refractivity contribution is 0.323. The van der Waals surface area contributed by atoms with Crippen molar-refractivity contribution >= 4 is 15.9 Å². The quantitative estimate of drug-likeness (QED) is 0.625. The van der Waals surface area contributed by atoms with Gasteiger partial charge in [0.15, 0.2) is 0 Å². The maximum absolute atomic E-state index is 5.64. The predicted molar refractivity (Wildman–Crippen MR) is 81.0 cm³/mol.